The molecule has 1 fully saturated rings. The smallest absolute Gasteiger partial charge is 0.335 e. The quantitative estimate of drug-likeness (QED) is 0.753. The molecule has 0 aliphatic heterocycles. The molecule has 21 heavy (non-hydrogen) atoms. The van der Waals surface area contributed by atoms with Crippen molar-refractivity contribution in [3.05, 3.63) is 35.4 Å². The lowest BCUT2D eigenvalue weighted by Gasteiger charge is -2.29. The molecule has 0 radical (unpaired) electrons. The molecule has 1 aliphatic rings. The van der Waals surface area contributed by atoms with Crippen molar-refractivity contribution >= 4 is 16.0 Å². The van der Waals surface area contributed by atoms with Gasteiger partial charge in [-0.3, -0.25) is 0 Å². The molecular weight excluding hydrogens is 292 g/mol. The normalized spacial score (nSPS) is 22.9. The lowest BCUT2D eigenvalue weighted by atomic mass is 9.92. The fourth-order valence-corrected chi connectivity index (χ4v) is 4.01. The summed E-state index contributed by atoms with van der Waals surface area (Å²) in [5, 5.41) is 8.81. The van der Waals surface area contributed by atoms with Gasteiger partial charge < -0.3 is 10.8 Å². The number of benzene rings is 1. The Morgan fingerprint density at radius 3 is 2.43 bits per heavy atom. The van der Waals surface area contributed by atoms with Crippen LogP contribution in [0.15, 0.2) is 24.3 Å². The van der Waals surface area contributed by atoms with E-state index in [1.165, 1.54) is 24.3 Å². The second-order valence-corrected chi connectivity index (χ2v) is 7.19. The van der Waals surface area contributed by atoms with Crippen molar-refractivity contribution < 1.29 is 18.3 Å². The molecule has 2 unspecified atom stereocenters. The van der Waals surface area contributed by atoms with Crippen molar-refractivity contribution in [2.24, 2.45) is 5.73 Å². The first-order valence-corrected chi connectivity index (χ1v) is 8.60. The lowest BCUT2D eigenvalue weighted by Crippen LogP contribution is -2.49. The van der Waals surface area contributed by atoms with Crippen molar-refractivity contribution in [2.45, 2.75) is 43.5 Å². The standard InChI is InChI=1S/C14H20N2O4S/c15-12-3-1-2-4-13(12)16-21(19,20)9-10-5-7-11(8-6-10)14(17)18/h5-8,12-13,16H,1-4,9,15H2,(H,17,18). The summed E-state index contributed by atoms with van der Waals surface area (Å²) in [4.78, 5) is 10.8. The third-order valence-corrected chi connectivity index (χ3v) is 5.08. The van der Waals surface area contributed by atoms with Crippen LogP contribution in [0.4, 0.5) is 0 Å². The monoisotopic (exact) mass is 312 g/mol. The highest BCUT2D eigenvalue weighted by Gasteiger charge is 2.26. The number of carboxylic acids is 1. The van der Waals surface area contributed by atoms with Crippen LogP contribution in [0.5, 0.6) is 0 Å². The first-order valence-electron chi connectivity index (χ1n) is 6.95. The summed E-state index contributed by atoms with van der Waals surface area (Å²) in [5.41, 5.74) is 6.63. The third-order valence-electron chi connectivity index (χ3n) is 3.71. The zero-order valence-electron chi connectivity index (χ0n) is 11.7. The van der Waals surface area contributed by atoms with Gasteiger partial charge >= 0.3 is 5.97 Å². The maximum atomic E-state index is 12.1. The summed E-state index contributed by atoms with van der Waals surface area (Å²) in [5.74, 6) is -1.20. The number of aromatic carboxylic acids is 1. The van der Waals surface area contributed by atoms with Gasteiger partial charge in [0.1, 0.15) is 0 Å². The number of carbonyl (C=O) groups is 1. The summed E-state index contributed by atoms with van der Waals surface area (Å²) in [6, 6.07) is 5.50. The molecule has 0 spiro atoms. The number of carboxylic acid groups (broad SMARTS) is 1. The molecule has 4 N–H and O–H groups in total. The summed E-state index contributed by atoms with van der Waals surface area (Å²) >= 11 is 0. The minimum atomic E-state index is -3.48. The maximum Gasteiger partial charge on any atom is 0.335 e. The van der Waals surface area contributed by atoms with Crippen LogP contribution in [-0.2, 0) is 15.8 Å². The summed E-state index contributed by atoms with van der Waals surface area (Å²) < 4.78 is 27.0. The summed E-state index contributed by atoms with van der Waals surface area (Å²) in [6.45, 7) is 0. The van der Waals surface area contributed by atoms with Crippen LogP contribution in [0.2, 0.25) is 0 Å². The highest BCUT2D eigenvalue weighted by atomic mass is 32.2. The second-order valence-electron chi connectivity index (χ2n) is 5.43. The van der Waals surface area contributed by atoms with E-state index in [0.717, 1.165) is 25.7 Å². The lowest BCUT2D eigenvalue weighted by molar-refractivity contribution is 0.0697. The van der Waals surface area contributed by atoms with Crippen LogP contribution in [0.25, 0.3) is 0 Å². The Bertz CT molecular complexity index is 598. The molecule has 0 heterocycles. The molecular formula is C14H20N2O4S. The first kappa shape index (κ1) is 15.9. The van der Waals surface area contributed by atoms with Gasteiger partial charge in [-0.05, 0) is 30.5 Å². The maximum absolute atomic E-state index is 12.1. The van der Waals surface area contributed by atoms with Crippen LogP contribution in [-0.4, -0.2) is 31.6 Å². The molecule has 116 valence electrons. The highest BCUT2D eigenvalue weighted by molar-refractivity contribution is 7.88. The van der Waals surface area contributed by atoms with Gasteiger partial charge in [-0.25, -0.2) is 17.9 Å². The number of rotatable bonds is 5. The fourth-order valence-electron chi connectivity index (χ4n) is 2.54. The average molecular weight is 312 g/mol. The Balaban J connectivity index is 2.01. The zero-order valence-corrected chi connectivity index (χ0v) is 12.5. The Hall–Kier alpha value is -1.44. The molecule has 1 aliphatic carbocycles. The van der Waals surface area contributed by atoms with E-state index in [0.29, 0.717) is 5.56 Å². The minimum Gasteiger partial charge on any atom is -0.478 e. The Labute approximate surface area is 124 Å². The van der Waals surface area contributed by atoms with Gasteiger partial charge in [0.05, 0.1) is 11.3 Å². The van der Waals surface area contributed by atoms with Gasteiger partial charge in [-0.15, -0.1) is 0 Å². The topological polar surface area (TPSA) is 109 Å². The molecule has 0 saturated heterocycles. The number of sulfonamides is 1. The van der Waals surface area contributed by atoms with E-state index in [1.54, 1.807) is 0 Å². The predicted octanol–water partition coefficient (Wildman–Crippen LogP) is 1.07. The van der Waals surface area contributed by atoms with Gasteiger partial charge in [0, 0.05) is 12.1 Å². The van der Waals surface area contributed by atoms with Crippen LogP contribution in [0, 0.1) is 0 Å². The predicted molar refractivity (Wildman–Crippen MR) is 79.4 cm³/mol. The first-order chi connectivity index (χ1) is 9.87. The van der Waals surface area contributed by atoms with Crippen LogP contribution in [0.3, 0.4) is 0 Å². The van der Waals surface area contributed by atoms with E-state index in [2.05, 4.69) is 4.72 Å². The number of hydrogen-bond donors (Lipinski definition) is 3. The number of hydrogen-bond acceptors (Lipinski definition) is 4. The molecule has 2 rings (SSSR count). The Kier molecular flexibility index (Phi) is 4.97. The van der Waals surface area contributed by atoms with Gasteiger partial charge in [-0.2, -0.15) is 0 Å². The largest absolute Gasteiger partial charge is 0.478 e. The van der Waals surface area contributed by atoms with Gasteiger partial charge in [-0.1, -0.05) is 25.0 Å². The molecule has 1 saturated carbocycles. The molecule has 0 aromatic heterocycles. The second kappa shape index (κ2) is 6.55. The van der Waals surface area contributed by atoms with Crippen molar-refractivity contribution in [1.82, 2.24) is 4.72 Å². The summed E-state index contributed by atoms with van der Waals surface area (Å²) in [7, 11) is -3.48. The Morgan fingerprint density at radius 2 is 1.86 bits per heavy atom. The third kappa shape index (κ3) is 4.52. The average Bonchev–Trinajstić information content (AvgIpc) is 2.41. The number of nitrogens with one attached hydrogen (secondary N) is 1. The molecule has 6 nitrogen and oxygen atoms in total. The Morgan fingerprint density at radius 1 is 1.24 bits per heavy atom. The molecule has 7 heteroatoms. The van der Waals surface area contributed by atoms with E-state index in [4.69, 9.17) is 10.8 Å². The van der Waals surface area contributed by atoms with Crippen LogP contribution >= 0.6 is 0 Å². The molecule has 2 atom stereocenters. The van der Waals surface area contributed by atoms with Crippen molar-refractivity contribution in [3.63, 3.8) is 0 Å². The van der Waals surface area contributed by atoms with Gasteiger partial charge in [0.2, 0.25) is 10.0 Å². The van der Waals surface area contributed by atoms with Gasteiger partial charge in [0.15, 0.2) is 0 Å². The van der Waals surface area contributed by atoms with Crippen molar-refractivity contribution in [1.29, 1.82) is 0 Å². The molecule has 1 aromatic carbocycles. The molecule has 1 aromatic rings. The van der Waals surface area contributed by atoms with E-state index in [9.17, 15) is 13.2 Å². The SMILES string of the molecule is NC1CCCCC1NS(=O)(=O)Cc1ccc(C(=O)O)cc1. The van der Waals surface area contributed by atoms with Crippen LogP contribution in [0.1, 0.15) is 41.6 Å². The zero-order chi connectivity index (χ0) is 15.5. The van der Waals surface area contributed by atoms with E-state index >= 15 is 0 Å². The highest BCUT2D eigenvalue weighted by Crippen LogP contribution is 2.18. The van der Waals surface area contributed by atoms with E-state index in [1.807, 2.05) is 0 Å². The van der Waals surface area contributed by atoms with E-state index in [-0.39, 0.29) is 23.4 Å². The van der Waals surface area contributed by atoms with Crippen molar-refractivity contribution in [2.75, 3.05) is 0 Å². The molecule has 0 bridgehead atoms. The summed E-state index contributed by atoms with van der Waals surface area (Å²) in [6.07, 6.45) is 3.61. The van der Waals surface area contributed by atoms with Crippen LogP contribution < -0.4 is 10.5 Å². The fraction of sp³-hybridized carbons (Fsp3) is 0.500. The molecule has 0 amide bonds. The van der Waals surface area contributed by atoms with Crippen molar-refractivity contribution in [3.8, 4) is 0 Å². The van der Waals surface area contributed by atoms with E-state index < -0.39 is 16.0 Å². The minimum absolute atomic E-state index is 0.136. The van der Waals surface area contributed by atoms with Gasteiger partial charge in [0.25, 0.3) is 0 Å². The number of nitrogens with two attached hydrogens (primary N) is 1.